The Morgan fingerprint density at radius 2 is 1.88 bits per heavy atom. The molecule has 2 rings (SSSR count). The van der Waals surface area contributed by atoms with E-state index in [-0.39, 0.29) is 18.1 Å². The molecule has 0 spiro atoms. The lowest BCUT2D eigenvalue weighted by molar-refractivity contribution is -0.117. The molecule has 0 aliphatic heterocycles. The molecular weight excluding hydrogens is 214 g/mol. The van der Waals surface area contributed by atoms with E-state index in [1.54, 1.807) is 12.1 Å². The molecule has 0 aromatic heterocycles. The van der Waals surface area contributed by atoms with Gasteiger partial charge >= 0.3 is 0 Å². The fourth-order valence-electron chi connectivity index (χ4n) is 1.75. The maximum Gasteiger partial charge on any atom is 0.221 e. The monoisotopic (exact) mass is 227 g/mol. The Kier molecular flexibility index (Phi) is 3.10. The summed E-state index contributed by atoms with van der Waals surface area (Å²) in [5, 5.41) is 11.5. The Balaban J connectivity index is 2.45. The second-order valence-corrected chi connectivity index (χ2v) is 3.79. The van der Waals surface area contributed by atoms with Gasteiger partial charge in [-0.25, -0.2) is 0 Å². The molecule has 0 fully saturated rings. The minimum Gasteiger partial charge on any atom is -0.507 e. The zero-order valence-corrected chi connectivity index (χ0v) is 9.26. The lowest BCUT2D eigenvalue weighted by atomic mass is 10.0. The maximum absolute atomic E-state index is 10.6. The van der Waals surface area contributed by atoms with E-state index in [1.165, 1.54) is 0 Å². The molecule has 0 bridgehead atoms. The number of fused-ring (bicyclic) bond motifs is 1. The van der Waals surface area contributed by atoms with Crippen LogP contribution >= 0.6 is 0 Å². The van der Waals surface area contributed by atoms with Gasteiger partial charge in [0.05, 0.1) is 0 Å². The minimum atomic E-state index is -0.357. The van der Waals surface area contributed by atoms with Gasteiger partial charge in [0.25, 0.3) is 0 Å². The normalized spacial score (nSPS) is 11.1. The van der Waals surface area contributed by atoms with E-state index >= 15 is 0 Å². The third kappa shape index (κ3) is 2.45. The molecule has 17 heavy (non-hydrogen) atoms. The summed E-state index contributed by atoms with van der Waals surface area (Å²) in [6.45, 7) is 0. The first kappa shape index (κ1) is 11.2. The lowest BCUT2D eigenvalue weighted by Gasteiger charge is -2.04. The summed E-state index contributed by atoms with van der Waals surface area (Å²) >= 11 is 0. The first-order valence-electron chi connectivity index (χ1n) is 5.34. The highest BCUT2D eigenvalue weighted by Crippen LogP contribution is 2.28. The summed E-state index contributed by atoms with van der Waals surface area (Å²) in [5.41, 5.74) is 6.02. The van der Waals surface area contributed by atoms with E-state index in [1.807, 2.05) is 36.4 Å². The second-order valence-electron chi connectivity index (χ2n) is 3.79. The lowest BCUT2D eigenvalue weighted by Crippen LogP contribution is -2.07. The van der Waals surface area contributed by atoms with Crippen LogP contribution in [0.1, 0.15) is 12.0 Å². The number of hydrogen-bond donors (Lipinski definition) is 2. The third-order valence-corrected chi connectivity index (χ3v) is 2.55. The van der Waals surface area contributed by atoms with Crippen LogP contribution < -0.4 is 5.73 Å². The van der Waals surface area contributed by atoms with E-state index < -0.39 is 0 Å². The topological polar surface area (TPSA) is 63.3 Å². The molecule has 0 heterocycles. The van der Waals surface area contributed by atoms with Crippen molar-refractivity contribution < 1.29 is 9.90 Å². The molecule has 0 aliphatic carbocycles. The van der Waals surface area contributed by atoms with Crippen molar-refractivity contribution in [1.82, 2.24) is 0 Å². The first-order chi connectivity index (χ1) is 8.18. The van der Waals surface area contributed by atoms with Gasteiger partial charge < -0.3 is 10.8 Å². The number of phenolic OH excluding ortho intramolecular Hbond substituents is 1. The van der Waals surface area contributed by atoms with Crippen LogP contribution in [0.15, 0.2) is 42.5 Å². The Labute approximate surface area is 99.2 Å². The number of carbonyl (C=O) groups excluding carboxylic acids is 1. The van der Waals surface area contributed by atoms with Crippen molar-refractivity contribution in [2.24, 2.45) is 5.73 Å². The molecule has 0 atom stereocenters. The van der Waals surface area contributed by atoms with Crippen LogP contribution in [0.3, 0.4) is 0 Å². The Hall–Kier alpha value is -2.29. The zero-order valence-electron chi connectivity index (χ0n) is 9.26. The molecule has 1 amide bonds. The molecule has 0 saturated carbocycles. The average Bonchev–Trinajstić information content (AvgIpc) is 2.32. The van der Waals surface area contributed by atoms with Gasteiger partial charge in [0.1, 0.15) is 5.75 Å². The smallest absolute Gasteiger partial charge is 0.221 e. The Morgan fingerprint density at radius 3 is 2.59 bits per heavy atom. The molecule has 0 saturated heterocycles. The molecular formula is C14H13NO2. The van der Waals surface area contributed by atoms with E-state index in [2.05, 4.69) is 0 Å². The van der Waals surface area contributed by atoms with Crippen molar-refractivity contribution in [3.05, 3.63) is 48.0 Å². The van der Waals surface area contributed by atoms with E-state index in [4.69, 9.17) is 5.73 Å². The van der Waals surface area contributed by atoms with Gasteiger partial charge in [0.15, 0.2) is 0 Å². The van der Waals surface area contributed by atoms with Gasteiger partial charge in [-0.1, -0.05) is 42.5 Å². The van der Waals surface area contributed by atoms with Crippen molar-refractivity contribution in [1.29, 1.82) is 0 Å². The van der Waals surface area contributed by atoms with Crippen molar-refractivity contribution in [3.8, 4) is 5.75 Å². The Bertz CT molecular complexity index is 588. The number of hydrogen-bond acceptors (Lipinski definition) is 2. The maximum atomic E-state index is 10.6. The van der Waals surface area contributed by atoms with Gasteiger partial charge in [0.2, 0.25) is 5.91 Å². The van der Waals surface area contributed by atoms with Gasteiger partial charge in [-0.05, 0) is 17.0 Å². The van der Waals surface area contributed by atoms with Crippen molar-refractivity contribution in [2.45, 2.75) is 6.42 Å². The number of primary amides is 1. The highest BCUT2D eigenvalue weighted by Gasteiger charge is 2.01. The number of amides is 1. The molecule has 86 valence electrons. The van der Waals surface area contributed by atoms with Gasteiger partial charge in [-0.2, -0.15) is 0 Å². The van der Waals surface area contributed by atoms with Crippen molar-refractivity contribution in [2.75, 3.05) is 0 Å². The number of carbonyl (C=O) groups is 1. The predicted molar refractivity (Wildman–Crippen MR) is 68.5 cm³/mol. The molecule has 0 aliphatic rings. The summed E-state index contributed by atoms with van der Waals surface area (Å²) < 4.78 is 0. The number of benzene rings is 2. The molecule has 3 N–H and O–H groups in total. The standard InChI is InChI=1S/C14H13NO2/c15-14(17)7-3-4-10-8-9-13(16)12-6-2-1-5-11(10)12/h1-6,8-9,16H,7H2,(H2,15,17). The number of rotatable bonds is 3. The average molecular weight is 227 g/mol. The van der Waals surface area contributed by atoms with Crippen LogP contribution in [-0.2, 0) is 4.79 Å². The minimum absolute atomic E-state index is 0.217. The zero-order chi connectivity index (χ0) is 12.3. The largest absolute Gasteiger partial charge is 0.507 e. The number of nitrogens with two attached hydrogens (primary N) is 1. The third-order valence-electron chi connectivity index (χ3n) is 2.55. The highest BCUT2D eigenvalue weighted by molar-refractivity contribution is 5.94. The highest BCUT2D eigenvalue weighted by atomic mass is 16.3. The van der Waals surface area contributed by atoms with Crippen LogP contribution in [0.4, 0.5) is 0 Å². The first-order valence-corrected chi connectivity index (χ1v) is 5.34. The van der Waals surface area contributed by atoms with Crippen LogP contribution in [0.25, 0.3) is 16.8 Å². The van der Waals surface area contributed by atoms with Crippen molar-refractivity contribution in [3.63, 3.8) is 0 Å². The Morgan fingerprint density at radius 1 is 1.18 bits per heavy atom. The van der Waals surface area contributed by atoms with E-state index in [9.17, 15) is 9.90 Å². The molecule has 3 heteroatoms. The van der Waals surface area contributed by atoms with Crippen molar-refractivity contribution >= 4 is 22.8 Å². The SMILES string of the molecule is NC(=O)CC=Cc1ccc(O)c2ccccc12. The second kappa shape index (κ2) is 4.70. The number of aromatic hydroxyl groups is 1. The van der Waals surface area contributed by atoms with Gasteiger partial charge in [-0.15, -0.1) is 0 Å². The molecule has 0 unspecified atom stereocenters. The van der Waals surface area contributed by atoms with E-state index in [0.29, 0.717) is 0 Å². The molecule has 2 aromatic carbocycles. The van der Waals surface area contributed by atoms with Gasteiger partial charge in [-0.3, -0.25) is 4.79 Å². The summed E-state index contributed by atoms with van der Waals surface area (Å²) in [7, 11) is 0. The number of phenols is 1. The quantitative estimate of drug-likeness (QED) is 0.845. The molecule has 0 radical (unpaired) electrons. The summed E-state index contributed by atoms with van der Waals surface area (Å²) in [4.78, 5) is 10.6. The van der Waals surface area contributed by atoms with Crippen LogP contribution in [0, 0.1) is 0 Å². The summed E-state index contributed by atoms with van der Waals surface area (Å²) in [5.74, 6) is -0.100. The molecule has 2 aromatic rings. The predicted octanol–water partition coefficient (Wildman–Crippen LogP) is 2.43. The molecule has 3 nitrogen and oxygen atoms in total. The van der Waals surface area contributed by atoms with Crippen LogP contribution in [0.2, 0.25) is 0 Å². The summed E-state index contributed by atoms with van der Waals surface area (Å²) in [6.07, 6.45) is 3.78. The summed E-state index contributed by atoms with van der Waals surface area (Å²) in [6, 6.07) is 11.0. The van der Waals surface area contributed by atoms with Crippen LogP contribution in [-0.4, -0.2) is 11.0 Å². The van der Waals surface area contributed by atoms with E-state index in [0.717, 1.165) is 16.3 Å². The fourth-order valence-corrected chi connectivity index (χ4v) is 1.75. The fraction of sp³-hybridized carbons (Fsp3) is 0.0714. The van der Waals surface area contributed by atoms with Gasteiger partial charge in [0, 0.05) is 11.8 Å². The van der Waals surface area contributed by atoms with Crippen LogP contribution in [0.5, 0.6) is 5.75 Å².